The minimum atomic E-state index is 0.255. The van der Waals surface area contributed by atoms with Crippen molar-refractivity contribution in [2.75, 3.05) is 6.54 Å². The van der Waals surface area contributed by atoms with Crippen molar-refractivity contribution >= 4 is 5.91 Å². The van der Waals surface area contributed by atoms with Gasteiger partial charge in [-0.25, -0.2) is 0 Å². The Kier molecular flexibility index (Phi) is 5.18. The van der Waals surface area contributed by atoms with Crippen LogP contribution < -0.4 is 5.73 Å². The van der Waals surface area contributed by atoms with E-state index in [4.69, 9.17) is 5.73 Å². The number of benzene rings is 1. The first kappa shape index (κ1) is 15.0. The highest BCUT2D eigenvalue weighted by Crippen LogP contribution is 2.26. The van der Waals surface area contributed by atoms with E-state index in [2.05, 4.69) is 26.0 Å². The largest absolute Gasteiger partial charge is 0.340 e. The van der Waals surface area contributed by atoms with Gasteiger partial charge in [-0.1, -0.05) is 37.3 Å². The predicted octanol–water partition coefficient (Wildman–Crippen LogP) is 2.91. The maximum absolute atomic E-state index is 12.5. The van der Waals surface area contributed by atoms with Crippen LogP contribution in [0.2, 0.25) is 0 Å². The molecule has 20 heavy (non-hydrogen) atoms. The fourth-order valence-corrected chi connectivity index (χ4v) is 3.13. The molecule has 1 aromatic rings. The molecule has 1 aromatic carbocycles. The number of piperidine rings is 1. The lowest BCUT2D eigenvalue weighted by molar-refractivity contribution is -0.135. The van der Waals surface area contributed by atoms with Crippen LogP contribution in [0.3, 0.4) is 0 Å². The van der Waals surface area contributed by atoms with E-state index in [-0.39, 0.29) is 18.0 Å². The standard InChI is InChI=1S/C17H26N2O/c1-3-14(15-7-5-4-6-8-15)12-17(20)19-10-9-16(18)11-13(19)2/h4-8,13-14,16H,3,9-12,18H2,1-2H3/t13-,14+,16-/m0/s1. The van der Waals surface area contributed by atoms with Gasteiger partial charge < -0.3 is 10.6 Å². The van der Waals surface area contributed by atoms with Crippen LogP contribution in [0, 0.1) is 0 Å². The van der Waals surface area contributed by atoms with Crippen molar-refractivity contribution in [3.8, 4) is 0 Å². The Balaban J connectivity index is 1.99. The molecule has 0 saturated carbocycles. The van der Waals surface area contributed by atoms with Crippen molar-refractivity contribution in [3.63, 3.8) is 0 Å². The predicted molar refractivity (Wildman–Crippen MR) is 82.5 cm³/mol. The zero-order chi connectivity index (χ0) is 14.5. The van der Waals surface area contributed by atoms with E-state index in [1.807, 2.05) is 23.1 Å². The van der Waals surface area contributed by atoms with Gasteiger partial charge in [0, 0.05) is 25.0 Å². The molecule has 1 heterocycles. The Morgan fingerprint density at radius 3 is 2.70 bits per heavy atom. The molecule has 2 N–H and O–H groups in total. The topological polar surface area (TPSA) is 46.3 Å². The van der Waals surface area contributed by atoms with Gasteiger partial charge in [0.2, 0.25) is 5.91 Å². The first-order chi connectivity index (χ1) is 9.61. The van der Waals surface area contributed by atoms with Crippen LogP contribution in [0.25, 0.3) is 0 Å². The fourth-order valence-electron chi connectivity index (χ4n) is 3.13. The van der Waals surface area contributed by atoms with Crippen LogP contribution in [0.15, 0.2) is 30.3 Å². The molecule has 1 aliphatic rings. The van der Waals surface area contributed by atoms with Gasteiger partial charge in [0.15, 0.2) is 0 Å². The Morgan fingerprint density at radius 2 is 2.10 bits per heavy atom. The molecule has 0 spiro atoms. The van der Waals surface area contributed by atoms with Gasteiger partial charge in [0.25, 0.3) is 0 Å². The molecule has 0 unspecified atom stereocenters. The van der Waals surface area contributed by atoms with E-state index in [0.717, 1.165) is 25.8 Å². The number of carbonyl (C=O) groups excluding carboxylic acids is 1. The smallest absolute Gasteiger partial charge is 0.223 e. The van der Waals surface area contributed by atoms with Crippen LogP contribution in [0.4, 0.5) is 0 Å². The molecule has 0 aromatic heterocycles. The van der Waals surface area contributed by atoms with Crippen molar-refractivity contribution < 1.29 is 4.79 Å². The number of nitrogens with zero attached hydrogens (tertiary/aromatic N) is 1. The summed E-state index contributed by atoms with van der Waals surface area (Å²) >= 11 is 0. The Labute approximate surface area is 122 Å². The van der Waals surface area contributed by atoms with E-state index < -0.39 is 0 Å². The molecule has 110 valence electrons. The molecule has 1 saturated heterocycles. The molecular weight excluding hydrogens is 248 g/mol. The average Bonchev–Trinajstić information content (AvgIpc) is 2.45. The SMILES string of the molecule is CC[C@H](CC(=O)N1CC[C@H](N)C[C@@H]1C)c1ccccc1. The number of carbonyl (C=O) groups is 1. The number of nitrogens with two attached hydrogens (primary N) is 1. The lowest BCUT2D eigenvalue weighted by atomic mass is 9.91. The number of rotatable bonds is 4. The van der Waals surface area contributed by atoms with E-state index in [9.17, 15) is 4.79 Å². The molecule has 2 rings (SSSR count). The summed E-state index contributed by atoms with van der Waals surface area (Å²) in [6, 6.07) is 10.9. The number of likely N-dealkylation sites (tertiary alicyclic amines) is 1. The zero-order valence-corrected chi connectivity index (χ0v) is 12.6. The highest BCUT2D eigenvalue weighted by Gasteiger charge is 2.28. The second-order valence-corrected chi connectivity index (χ2v) is 5.94. The molecule has 1 fully saturated rings. The number of hydrogen-bond donors (Lipinski definition) is 1. The third kappa shape index (κ3) is 3.60. The minimum absolute atomic E-state index is 0.255. The molecule has 3 nitrogen and oxygen atoms in total. The maximum atomic E-state index is 12.5. The third-order valence-corrected chi connectivity index (χ3v) is 4.42. The van der Waals surface area contributed by atoms with Gasteiger partial charge in [-0.05, 0) is 37.7 Å². The van der Waals surface area contributed by atoms with Crippen LogP contribution in [-0.4, -0.2) is 29.4 Å². The van der Waals surface area contributed by atoms with Crippen LogP contribution in [0.1, 0.15) is 51.0 Å². The lowest BCUT2D eigenvalue weighted by Gasteiger charge is -2.37. The van der Waals surface area contributed by atoms with Gasteiger partial charge >= 0.3 is 0 Å². The highest BCUT2D eigenvalue weighted by molar-refractivity contribution is 5.77. The Bertz CT molecular complexity index is 432. The van der Waals surface area contributed by atoms with Gasteiger partial charge in [-0.2, -0.15) is 0 Å². The molecule has 3 atom stereocenters. The van der Waals surface area contributed by atoms with Crippen molar-refractivity contribution in [3.05, 3.63) is 35.9 Å². The monoisotopic (exact) mass is 274 g/mol. The van der Waals surface area contributed by atoms with Crippen molar-refractivity contribution in [2.45, 2.75) is 57.5 Å². The summed E-state index contributed by atoms with van der Waals surface area (Å²) in [4.78, 5) is 14.6. The molecule has 0 bridgehead atoms. The van der Waals surface area contributed by atoms with E-state index in [0.29, 0.717) is 12.3 Å². The molecule has 0 aliphatic carbocycles. The van der Waals surface area contributed by atoms with Gasteiger partial charge in [0.1, 0.15) is 0 Å². The summed E-state index contributed by atoms with van der Waals surface area (Å²) in [6.07, 6.45) is 3.46. The van der Waals surface area contributed by atoms with Crippen LogP contribution in [0.5, 0.6) is 0 Å². The average molecular weight is 274 g/mol. The summed E-state index contributed by atoms with van der Waals surface area (Å²) in [5.74, 6) is 0.603. The lowest BCUT2D eigenvalue weighted by Crippen LogP contribution is -2.48. The van der Waals surface area contributed by atoms with Crippen LogP contribution in [-0.2, 0) is 4.79 Å². The van der Waals surface area contributed by atoms with Gasteiger partial charge in [0.05, 0.1) is 0 Å². The normalized spacial score (nSPS) is 24.4. The molecule has 1 aliphatic heterocycles. The van der Waals surface area contributed by atoms with Gasteiger partial charge in [-0.15, -0.1) is 0 Å². The van der Waals surface area contributed by atoms with Gasteiger partial charge in [-0.3, -0.25) is 4.79 Å². The summed E-state index contributed by atoms with van der Waals surface area (Å²) in [5, 5.41) is 0. The third-order valence-electron chi connectivity index (χ3n) is 4.42. The zero-order valence-electron chi connectivity index (χ0n) is 12.6. The van der Waals surface area contributed by atoms with Crippen molar-refractivity contribution in [1.82, 2.24) is 4.90 Å². The van der Waals surface area contributed by atoms with Crippen molar-refractivity contribution in [1.29, 1.82) is 0 Å². The number of hydrogen-bond acceptors (Lipinski definition) is 2. The van der Waals surface area contributed by atoms with Crippen molar-refractivity contribution in [2.24, 2.45) is 5.73 Å². The van der Waals surface area contributed by atoms with Crippen LogP contribution >= 0.6 is 0 Å². The summed E-state index contributed by atoms with van der Waals surface area (Å²) in [6.45, 7) is 5.08. The fraction of sp³-hybridized carbons (Fsp3) is 0.588. The van der Waals surface area contributed by atoms with E-state index in [1.165, 1.54) is 5.56 Å². The summed E-state index contributed by atoms with van der Waals surface area (Å²) in [5.41, 5.74) is 7.24. The molecular formula is C17H26N2O. The Hall–Kier alpha value is -1.35. The molecule has 3 heteroatoms. The van der Waals surface area contributed by atoms with E-state index in [1.54, 1.807) is 0 Å². The summed E-state index contributed by atoms with van der Waals surface area (Å²) < 4.78 is 0. The second-order valence-electron chi connectivity index (χ2n) is 5.94. The van der Waals surface area contributed by atoms with E-state index >= 15 is 0 Å². The number of amides is 1. The first-order valence-corrected chi connectivity index (χ1v) is 7.71. The maximum Gasteiger partial charge on any atom is 0.223 e. The second kappa shape index (κ2) is 6.89. The molecule has 1 amide bonds. The minimum Gasteiger partial charge on any atom is -0.340 e. The summed E-state index contributed by atoms with van der Waals surface area (Å²) in [7, 11) is 0. The highest BCUT2D eigenvalue weighted by atomic mass is 16.2. The first-order valence-electron chi connectivity index (χ1n) is 7.71. The Morgan fingerprint density at radius 1 is 1.40 bits per heavy atom. The molecule has 0 radical (unpaired) electrons. The quantitative estimate of drug-likeness (QED) is 0.917.